The van der Waals surface area contributed by atoms with E-state index in [1.165, 1.54) is 11.1 Å². The molecule has 0 atom stereocenters. The summed E-state index contributed by atoms with van der Waals surface area (Å²) in [7, 11) is 1.74. The molecule has 0 spiro atoms. The van der Waals surface area contributed by atoms with Gasteiger partial charge in [0, 0.05) is 37.9 Å². The van der Waals surface area contributed by atoms with Crippen molar-refractivity contribution in [1.29, 1.82) is 0 Å². The Balaban J connectivity index is 0.00000312. The van der Waals surface area contributed by atoms with Crippen LogP contribution >= 0.6 is 35.3 Å². The average molecular weight is 476 g/mol. The molecule has 0 saturated heterocycles. The number of aliphatic imine (C=N–C) groups is 1. The van der Waals surface area contributed by atoms with E-state index in [2.05, 4.69) is 39.8 Å². The fourth-order valence-electron chi connectivity index (χ4n) is 2.23. The largest absolute Gasteiger partial charge is 0.356 e. The normalized spacial score (nSPS) is 11.4. The predicted octanol–water partition coefficient (Wildman–Crippen LogP) is 4.24. The quantitative estimate of drug-likeness (QED) is 0.373. The summed E-state index contributed by atoms with van der Waals surface area (Å²) in [5, 5.41) is 9.82. The molecule has 2 rings (SSSR count). The summed E-state index contributed by atoms with van der Waals surface area (Å²) in [4.78, 5) is 8.84. The molecule has 2 aromatic rings. The van der Waals surface area contributed by atoms with Gasteiger partial charge >= 0.3 is 0 Å². The van der Waals surface area contributed by atoms with Crippen LogP contribution in [0, 0.1) is 12.7 Å². The van der Waals surface area contributed by atoms with Gasteiger partial charge in [-0.05, 0) is 24.1 Å². The number of aromatic nitrogens is 1. The molecule has 0 bridgehead atoms. The van der Waals surface area contributed by atoms with Crippen molar-refractivity contribution in [2.45, 2.75) is 39.7 Å². The minimum atomic E-state index is -0.176. The number of aryl methyl sites for hydroxylation is 1. The molecule has 1 heterocycles. The Morgan fingerprint density at radius 1 is 1.32 bits per heavy atom. The van der Waals surface area contributed by atoms with Gasteiger partial charge in [-0.3, -0.25) is 4.99 Å². The lowest BCUT2D eigenvalue weighted by atomic mass is 10.1. The van der Waals surface area contributed by atoms with Crippen LogP contribution in [0.3, 0.4) is 0 Å². The fraction of sp³-hybridized carbons (Fsp3) is 0.444. The standard InChI is InChI=1S/C18H25FN4S.HI/c1-12(2)17-23-15(11-24-17)7-8-21-18(20-4)22-10-14-5-6-16(19)13(3)9-14;/h5-6,9,11-12H,7-8,10H2,1-4H3,(H2,20,21,22);1H. The first-order valence-corrected chi connectivity index (χ1v) is 9.01. The highest BCUT2D eigenvalue weighted by Crippen LogP contribution is 2.19. The second-order valence-corrected chi connectivity index (χ2v) is 6.91. The zero-order valence-corrected chi connectivity index (χ0v) is 18.2. The molecule has 25 heavy (non-hydrogen) atoms. The first kappa shape index (κ1) is 21.8. The summed E-state index contributed by atoms with van der Waals surface area (Å²) in [6.45, 7) is 7.46. The van der Waals surface area contributed by atoms with Crippen LogP contribution in [0.4, 0.5) is 4.39 Å². The van der Waals surface area contributed by atoms with Gasteiger partial charge in [-0.2, -0.15) is 0 Å². The molecule has 1 aromatic carbocycles. The van der Waals surface area contributed by atoms with Crippen LogP contribution in [-0.4, -0.2) is 24.5 Å². The van der Waals surface area contributed by atoms with E-state index in [4.69, 9.17) is 0 Å². The van der Waals surface area contributed by atoms with Gasteiger partial charge in [0.25, 0.3) is 0 Å². The van der Waals surface area contributed by atoms with Crippen LogP contribution in [0.2, 0.25) is 0 Å². The van der Waals surface area contributed by atoms with Gasteiger partial charge in [0.15, 0.2) is 5.96 Å². The Labute approximate surface area is 170 Å². The van der Waals surface area contributed by atoms with Gasteiger partial charge in [-0.1, -0.05) is 26.0 Å². The van der Waals surface area contributed by atoms with Crippen molar-refractivity contribution in [2.24, 2.45) is 4.99 Å². The third kappa shape index (κ3) is 6.89. The minimum Gasteiger partial charge on any atom is -0.356 e. The van der Waals surface area contributed by atoms with Gasteiger partial charge in [-0.25, -0.2) is 9.37 Å². The molecule has 2 N–H and O–H groups in total. The lowest BCUT2D eigenvalue weighted by Crippen LogP contribution is -2.37. The van der Waals surface area contributed by atoms with E-state index in [1.807, 2.05) is 6.07 Å². The molecule has 0 unspecified atom stereocenters. The van der Waals surface area contributed by atoms with E-state index in [0.29, 0.717) is 18.0 Å². The molecular formula is C18H26FIN4S. The van der Waals surface area contributed by atoms with Crippen molar-refractivity contribution in [3.8, 4) is 0 Å². The molecule has 1 aromatic heterocycles. The Hall–Kier alpha value is -1.22. The predicted molar refractivity (Wildman–Crippen MR) is 115 cm³/mol. The number of nitrogens with one attached hydrogen (secondary N) is 2. The molecule has 0 radical (unpaired) electrons. The first-order chi connectivity index (χ1) is 11.5. The second kappa shape index (κ2) is 10.7. The molecule has 0 saturated carbocycles. The summed E-state index contributed by atoms with van der Waals surface area (Å²) in [5.41, 5.74) is 2.79. The van der Waals surface area contributed by atoms with E-state index >= 15 is 0 Å². The number of hydrogen-bond acceptors (Lipinski definition) is 3. The zero-order valence-electron chi connectivity index (χ0n) is 15.1. The molecular weight excluding hydrogens is 450 g/mol. The molecule has 0 fully saturated rings. The van der Waals surface area contributed by atoms with Crippen molar-refractivity contribution in [3.63, 3.8) is 0 Å². The Bertz CT molecular complexity index is 700. The summed E-state index contributed by atoms with van der Waals surface area (Å²) in [5.74, 6) is 1.03. The van der Waals surface area contributed by atoms with E-state index in [1.54, 1.807) is 31.4 Å². The van der Waals surface area contributed by atoms with Crippen LogP contribution < -0.4 is 10.6 Å². The Kier molecular flexibility index (Phi) is 9.34. The maximum atomic E-state index is 13.3. The summed E-state index contributed by atoms with van der Waals surface area (Å²) >= 11 is 1.72. The van der Waals surface area contributed by atoms with E-state index in [0.717, 1.165) is 30.2 Å². The monoisotopic (exact) mass is 476 g/mol. The van der Waals surface area contributed by atoms with Crippen molar-refractivity contribution in [2.75, 3.05) is 13.6 Å². The first-order valence-electron chi connectivity index (χ1n) is 8.13. The summed E-state index contributed by atoms with van der Waals surface area (Å²) in [6.07, 6.45) is 0.861. The van der Waals surface area contributed by atoms with Crippen LogP contribution in [0.5, 0.6) is 0 Å². The van der Waals surface area contributed by atoms with Crippen LogP contribution in [0.25, 0.3) is 0 Å². The van der Waals surface area contributed by atoms with Crippen molar-refractivity contribution < 1.29 is 4.39 Å². The maximum Gasteiger partial charge on any atom is 0.191 e. The smallest absolute Gasteiger partial charge is 0.191 e. The lowest BCUT2D eigenvalue weighted by Gasteiger charge is -2.12. The highest BCUT2D eigenvalue weighted by atomic mass is 127. The zero-order chi connectivity index (χ0) is 17.5. The Morgan fingerprint density at radius 2 is 2.08 bits per heavy atom. The van der Waals surface area contributed by atoms with Crippen LogP contribution in [0.15, 0.2) is 28.6 Å². The molecule has 0 aliphatic rings. The number of rotatable bonds is 6. The number of guanidine groups is 1. The highest BCUT2D eigenvalue weighted by Gasteiger charge is 2.06. The van der Waals surface area contributed by atoms with Crippen LogP contribution in [-0.2, 0) is 13.0 Å². The number of thiazole rings is 1. The fourth-order valence-corrected chi connectivity index (χ4v) is 3.10. The topological polar surface area (TPSA) is 49.3 Å². The number of halogens is 2. The van der Waals surface area contributed by atoms with E-state index in [-0.39, 0.29) is 29.8 Å². The van der Waals surface area contributed by atoms with Gasteiger partial charge in [0.1, 0.15) is 5.82 Å². The SMILES string of the molecule is CN=C(NCCc1csc(C(C)C)n1)NCc1ccc(F)c(C)c1.I. The van der Waals surface area contributed by atoms with E-state index < -0.39 is 0 Å². The van der Waals surface area contributed by atoms with Gasteiger partial charge in [0.2, 0.25) is 0 Å². The number of hydrogen-bond donors (Lipinski definition) is 2. The second-order valence-electron chi connectivity index (χ2n) is 6.02. The summed E-state index contributed by atoms with van der Waals surface area (Å²) < 4.78 is 13.3. The van der Waals surface area contributed by atoms with E-state index in [9.17, 15) is 4.39 Å². The van der Waals surface area contributed by atoms with Gasteiger partial charge in [-0.15, -0.1) is 35.3 Å². The summed E-state index contributed by atoms with van der Waals surface area (Å²) in [6, 6.07) is 5.13. The molecule has 0 aliphatic carbocycles. The van der Waals surface area contributed by atoms with Crippen LogP contribution in [0.1, 0.15) is 41.6 Å². The third-order valence-electron chi connectivity index (χ3n) is 3.64. The highest BCUT2D eigenvalue weighted by molar-refractivity contribution is 14.0. The molecule has 0 amide bonds. The molecule has 0 aliphatic heterocycles. The van der Waals surface area contributed by atoms with Crippen molar-refractivity contribution >= 4 is 41.3 Å². The maximum absolute atomic E-state index is 13.3. The Morgan fingerprint density at radius 3 is 2.68 bits per heavy atom. The molecule has 4 nitrogen and oxygen atoms in total. The minimum absolute atomic E-state index is 0. The average Bonchev–Trinajstić information content (AvgIpc) is 3.03. The van der Waals surface area contributed by atoms with Crippen molar-refractivity contribution in [3.05, 3.63) is 51.2 Å². The molecule has 138 valence electrons. The van der Waals surface area contributed by atoms with Crippen molar-refractivity contribution in [1.82, 2.24) is 15.6 Å². The third-order valence-corrected chi connectivity index (χ3v) is 4.84. The lowest BCUT2D eigenvalue weighted by molar-refractivity contribution is 0.617. The molecule has 7 heteroatoms. The van der Waals surface area contributed by atoms with Gasteiger partial charge < -0.3 is 10.6 Å². The number of benzene rings is 1. The van der Waals surface area contributed by atoms with Gasteiger partial charge in [0.05, 0.1) is 10.7 Å². The number of nitrogens with zero attached hydrogens (tertiary/aromatic N) is 2.